The van der Waals surface area contributed by atoms with E-state index in [0.717, 1.165) is 18.7 Å². The van der Waals surface area contributed by atoms with Crippen molar-refractivity contribution in [3.63, 3.8) is 0 Å². The summed E-state index contributed by atoms with van der Waals surface area (Å²) in [6, 6.07) is 7.16. The molecule has 0 radical (unpaired) electrons. The number of esters is 1. The molecule has 0 unspecified atom stereocenters. The average molecular weight is 237 g/mol. The van der Waals surface area contributed by atoms with Crippen LogP contribution < -0.4 is 0 Å². The second kappa shape index (κ2) is 6.91. The van der Waals surface area contributed by atoms with Crippen molar-refractivity contribution in [2.45, 2.75) is 19.9 Å². The number of rotatable bonds is 6. The van der Waals surface area contributed by atoms with Crippen LogP contribution in [0.1, 0.15) is 18.9 Å². The molecule has 0 fully saturated rings. The van der Waals surface area contributed by atoms with Crippen LogP contribution in [0.15, 0.2) is 24.3 Å². The van der Waals surface area contributed by atoms with E-state index in [2.05, 4.69) is 9.64 Å². The number of ether oxygens (including phenoxy) is 1. The fourth-order valence-corrected chi connectivity index (χ4v) is 1.61. The van der Waals surface area contributed by atoms with E-state index in [4.69, 9.17) is 0 Å². The van der Waals surface area contributed by atoms with Gasteiger partial charge in [-0.1, -0.05) is 19.1 Å². The van der Waals surface area contributed by atoms with Gasteiger partial charge in [0.2, 0.25) is 0 Å². The number of carbonyl (C=O) groups is 1. The first-order chi connectivity index (χ1) is 8.15. The molecular formula is C13H19NO3. The number of phenols is 1. The number of hydrogen-bond donors (Lipinski definition) is 1. The molecule has 0 bridgehead atoms. The largest absolute Gasteiger partial charge is 0.508 e. The van der Waals surface area contributed by atoms with Crippen molar-refractivity contribution in [3.05, 3.63) is 29.8 Å². The summed E-state index contributed by atoms with van der Waals surface area (Å²) >= 11 is 0. The van der Waals surface area contributed by atoms with Crippen molar-refractivity contribution in [3.8, 4) is 5.75 Å². The van der Waals surface area contributed by atoms with Crippen LogP contribution in [0, 0.1) is 0 Å². The summed E-state index contributed by atoms with van der Waals surface area (Å²) in [4.78, 5) is 13.2. The second-order valence-corrected chi connectivity index (χ2v) is 3.86. The number of hydrogen-bond acceptors (Lipinski definition) is 4. The van der Waals surface area contributed by atoms with Gasteiger partial charge in [-0.2, -0.15) is 0 Å². The van der Waals surface area contributed by atoms with Gasteiger partial charge in [0.25, 0.3) is 0 Å². The minimum Gasteiger partial charge on any atom is -0.508 e. The molecule has 94 valence electrons. The van der Waals surface area contributed by atoms with Crippen molar-refractivity contribution in [2.75, 3.05) is 20.2 Å². The summed E-state index contributed by atoms with van der Waals surface area (Å²) in [5, 5.41) is 9.36. The van der Waals surface area contributed by atoms with E-state index in [1.165, 1.54) is 7.11 Å². The first-order valence-electron chi connectivity index (χ1n) is 5.72. The van der Waals surface area contributed by atoms with Crippen LogP contribution in [0.5, 0.6) is 5.75 Å². The Balaban J connectivity index is 2.49. The number of nitrogens with zero attached hydrogens (tertiary/aromatic N) is 1. The number of phenolic OH excluding ortho intramolecular Hbond substituents is 1. The molecule has 0 aliphatic carbocycles. The van der Waals surface area contributed by atoms with Crippen LogP contribution in [0.2, 0.25) is 0 Å². The van der Waals surface area contributed by atoms with Gasteiger partial charge in [0.1, 0.15) is 5.75 Å². The van der Waals surface area contributed by atoms with Crippen molar-refractivity contribution in [1.82, 2.24) is 4.90 Å². The third-order valence-corrected chi connectivity index (χ3v) is 2.62. The standard InChI is InChI=1S/C13H19NO3/c1-3-14(8-7-13(16)17-2)10-11-5-4-6-12(15)9-11/h4-6,9,15H,3,7-8,10H2,1-2H3. The third kappa shape index (κ3) is 4.87. The monoisotopic (exact) mass is 237 g/mol. The normalized spacial score (nSPS) is 10.5. The lowest BCUT2D eigenvalue weighted by Gasteiger charge is -2.19. The summed E-state index contributed by atoms with van der Waals surface area (Å²) in [5.74, 6) is 0.0749. The van der Waals surface area contributed by atoms with Gasteiger partial charge in [-0.15, -0.1) is 0 Å². The van der Waals surface area contributed by atoms with Gasteiger partial charge in [0.15, 0.2) is 0 Å². The summed E-state index contributed by atoms with van der Waals surface area (Å²) in [7, 11) is 1.40. The van der Waals surface area contributed by atoms with E-state index in [9.17, 15) is 9.90 Å². The van der Waals surface area contributed by atoms with Gasteiger partial charge in [-0.3, -0.25) is 9.69 Å². The predicted octanol–water partition coefficient (Wildman–Crippen LogP) is 1.78. The van der Waals surface area contributed by atoms with E-state index in [0.29, 0.717) is 13.0 Å². The van der Waals surface area contributed by atoms with E-state index in [1.807, 2.05) is 19.1 Å². The van der Waals surface area contributed by atoms with Crippen molar-refractivity contribution in [1.29, 1.82) is 0 Å². The molecule has 17 heavy (non-hydrogen) atoms. The van der Waals surface area contributed by atoms with Gasteiger partial charge in [-0.05, 0) is 24.2 Å². The highest BCUT2D eigenvalue weighted by atomic mass is 16.5. The highest BCUT2D eigenvalue weighted by Gasteiger charge is 2.07. The van der Waals surface area contributed by atoms with Crippen LogP contribution >= 0.6 is 0 Å². The summed E-state index contributed by atoms with van der Waals surface area (Å²) in [5.41, 5.74) is 1.04. The fourth-order valence-electron chi connectivity index (χ4n) is 1.61. The average Bonchev–Trinajstić information content (AvgIpc) is 2.34. The number of carbonyl (C=O) groups excluding carboxylic acids is 1. The Bertz CT molecular complexity index is 365. The van der Waals surface area contributed by atoms with Crippen LogP contribution in [0.4, 0.5) is 0 Å². The zero-order valence-corrected chi connectivity index (χ0v) is 10.3. The molecule has 0 amide bonds. The van der Waals surface area contributed by atoms with E-state index < -0.39 is 0 Å². The maximum atomic E-state index is 11.0. The Hall–Kier alpha value is -1.55. The first kappa shape index (κ1) is 13.5. The lowest BCUT2D eigenvalue weighted by atomic mass is 10.2. The van der Waals surface area contributed by atoms with Crippen LogP contribution in [0.25, 0.3) is 0 Å². The van der Waals surface area contributed by atoms with Crippen molar-refractivity contribution >= 4 is 5.97 Å². The van der Waals surface area contributed by atoms with Crippen molar-refractivity contribution in [2.24, 2.45) is 0 Å². The third-order valence-electron chi connectivity index (χ3n) is 2.62. The maximum Gasteiger partial charge on any atom is 0.306 e. The lowest BCUT2D eigenvalue weighted by molar-refractivity contribution is -0.141. The Morgan fingerprint density at radius 3 is 2.82 bits per heavy atom. The summed E-state index contributed by atoms with van der Waals surface area (Å²) < 4.78 is 4.61. The highest BCUT2D eigenvalue weighted by molar-refractivity contribution is 5.69. The van der Waals surface area contributed by atoms with Crippen LogP contribution in [0.3, 0.4) is 0 Å². The molecule has 1 rings (SSSR count). The lowest BCUT2D eigenvalue weighted by Crippen LogP contribution is -2.26. The Kier molecular flexibility index (Phi) is 5.49. The zero-order valence-electron chi connectivity index (χ0n) is 10.3. The zero-order chi connectivity index (χ0) is 12.7. The Morgan fingerprint density at radius 1 is 1.47 bits per heavy atom. The molecule has 1 aromatic rings. The van der Waals surface area contributed by atoms with E-state index in [-0.39, 0.29) is 11.7 Å². The van der Waals surface area contributed by atoms with Gasteiger partial charge in [0.05, 0.1) is 13.5 Å². The molecule has 0 heterocycles. The fraction of sp³-hybridized carbons (Fsp3) is 0.462. The molecule has 1 aromatic carbocycles. The molecular weight excluding hydrogens is 218 g/mol. The molecule has 4 nitrogen and oxygen atoms in total. The molecule has 0 saturated heterocycles. The molecule has 0 atom stereocenters. The van der Waals surface area contributed by atoms with Gasteiger partial charge < -0.3 is 9.84 Å². The molecule has 0 spiro atoms. The minimum atomic E-state index is -0.195. The SMILES string of the molecule is CCN(CCC(=O)OC)Cc1cccc(O)c1. The van der Waals surface area contributed by atoms with Crippen molar-refractivity contribution < 1.29 is 14.6 Å². The molecule has 1 N–H and O–H groups in total. The molecule has 0 aliphatic rings. The smallest absolute Gasteiger partial charge is 0.306 e. The minimum absolute atomic E-state index is 0.195. The number of benzene rings is 1. The summed E-state index contributed by atoms with van der Waals surface area (Å²) in [6.45, 7) is 4.29. The highest BCUT2D eigenvalue weighted by Crippen LogP contribution is 2.13. The van der Waals surface area contributed by atoms with Gasteiger partial charge >= 0.3 is 5.97 Å². The van der Waals surface area contributed by atoms with Gasteiger partial charge in [-0.25, -0.2) is 0 Å². The van der Waals surface area contributed by atoms with Crippen LogP contribution in [-0.4, -0.2) is 36.2 Å². The molecule has 4 heteroatoms. The van der Waals surface area contributed by atoms with E-state index in [1.54, 1.807) is 12.1 Å². The second-order valence-electron chi connectivity index (χ2n) is 3.86. The predicted molar refractivity (Wildman–Crippen MR) is 65.7 cm³/mol. The van der Waals surface area contributed by atoms with Gasteiger partial charge in [0, 0.05) is 13.1 Å². The topological polar surface area (TPSA) is 49.8 Å². The van der Waals surface area contributed by atoms with Crippen LogP contribution in [-0.2, 0) is 16.1 Å². The first-order valence-corrected chi connectivity index (χ1v) is 5.72. The number of aromatic hydroxyl groups is 1. The summed E-state index contributed by atoms with van der Waals surface area (Å²) in [6.07, 6.45) is 0.392. The quantitative estimate of drug-likeness (QED) is 0.766. The Labute approximate surface area is 102 Å². The molecule has 0 aromatic heterocycles. The maximum absolute atomic E-state index is 11.0. The molecule has 0 aliphatic heterocycles. The number of methoxy groups -OCH3 is 1. The van der Waals surface area contributed by atoms with E-state index >= 15 is 0 Å². The molecule has 0 saturated carbocycles. The Morgan fingerprint density at radius 2 is 2.24 bits per heavy atom.